The average molecular weight is 314 g/mol. The second-order valence-electron chi connectivity index (χ2n) is 5.47. The number of nitrogens with zero attached hydrogens (tertiary/aromatic N) is 3. The van der Waals surface area contributed by atoms with Crippen molar-refractivity contribution in [2.75, 3.05) is 31.1 Å². The van der Waals surface area contributed by atoms with Crippen molar-refractivity contribution >= 4 is 23.0 Å². The summed E-state index contributed by atoms with van der Waals surface area (Å²) < 4.78 is 0. The zero-order valence-electron chi connectivity index (χ0n) is 12.7. The molecule has 2 aromatic rings. The highest BCUT2D eigenvalue weighted by atomic mass is 35.5. The van der Waals surface area contributed by atoms with Crippen LogP contribution >= 0.6 is 11.6 Å². The Morgan fingerprint density at radius 3 is 2.18 bits per heavy atom. The van der Waals surface area contributed by atoms with E-state index in [1.54, 1.807) is 0 Å². The molecule has 3 nitrogen and oxygen atoms in total. The second kappa shape index (κ2) is 6.84. The molecule has 1 fully saturated rings. The van der Waals surface area contributed by atoms with Crippen LogP contribution in [0.5, 0.6) is 0 Å². The lowest BCUT2D eigenvalue weighted by Crippen LogP contribution is -2.44. The predicted octanol–water partition coefficient (Wildman–Crippen LogP) is 3.89. The first-order valence-corrected chi connectivity index (χ1v) is 7.96. The van der Waals surface area contributed by atoms with Crippen molar-refractivity contribution in [2.45, 2.75) is 6.92 Å². The number of hydrazone groups is 1. The standard InChI is InChI=1S/C18H20ClN3/c1-15(16-7-9-17(19)10-8-16)20-22-13-11-21(12-14-22)18-5-3-2-4-6-18/h2-10H,11-14H2,1H3. The van der Waals surface area contributed by atoms with Gasteiger partial charge in [-0.2, -0.15) is 5.10 Å². The van der Waals surface area contributed by atoms with Gasteiger partial charge in [0.2, 0.25) is 0 Å². The van der Waals surface area contributed by atoms with Gasteiger partial charge in [0.1, 0.15) is 0 Å². The highest BCUT2D eigenvalue weighted by Crippen LogP contribution is 2.16. The zero-order valence-corrected chi connectivity index (χ0v) is 13.5. The molecule has 1 heterocycles. The van der Waals surface area contributed by atoms with Crippen LogP contribution in [0.4, 0.5) is 5.69 Å². The number of para-hydroxylation sites is 1. The van der Waals surface area contributed by atoms with Gasteiger partial charge in [0, 0.05) is 23.8 Å². The lowest BCUT2D eigenvalue weighted by Gasteiger charge is -2.34. The van der Waals surface area contributed by atoms with Gasteiger partial charge in [-0.1, -0.05) is 41.9 Å². The maximum atomic E-state index is 5.93. The highest BCUT2D eigenvalue weighted by Gasteiger charge is 2.15. The molecule has 0 radical (unpaired) electrons. The Hall–Kier alpha value is -2.00. The third-order valence-electron chi connectivity index (χ3n) is 3.93. The Morgan fingerprint density at radius 1 is 0.909 bits per heavy atom. The van der Waals surface area contributed by atoms with Gasteiger partial charge in [-0.25, -0.2) is 0 Å². The third kappa shape index (κ3) is 3.60. The lowest BCUT2D eigenvalue weighted by atomic mass is 10.1. The smallest absolute Gasteiger partial charge is 0.0646 e. The van der Waals surface area contributed by atoms with Crippen molar-refractivity contribution in [1.29, 1.82) is 0 Å². The van der Waals surface area contributed by atoms with Crippen molar-refractivity contribution in [1.82, 2.24) is 5.01 Å². The fraction of sp³-hybridized carbons (Fsp3) is 0.278. The fourth-order valence-electron chi connectivity index (χ4n) is 2.65. The maximum Gasteiger partial charge on any atom is 0.0646 e. The van der Waals surface area contributed by atoms with E-state index in [0.717, 1.165) is 42.5 Å². The second-order valence-corrected chi connectivity index (χ2v) is 5.90. The summed E-state index contributed by atoms with van der Waals surface area (Å²) in [7, 11) is 0. The van der Waals surface area contributed by atoms with E-state index in [1.807, 2.05) is 31.2 Å². The van der Waals surface area contributed by atoms with E-state index in [2.05, 4.69) is 40.2 Å². The van der Waals surface area contributed by atoms with E-state index in [4.69, 9.17) is 16.7 Å². The van der Waals surface area contributed by atoms with E-state index in [1.165, 1.54) is 5.69 Å². The molecule has 0 atom stereocenters. The van der Waals surface area contributed by atoms with E-state index < -0.39 is 0 Å². The first kappa shape index (κ1) is 14.9. The van der Waals surface area contributed by atoms with Crippen LogP contribution < -0.4 is 4.90 Å². The number of hydrogen-bond donors (Lipinski definition) is 0. The topological polar surface area (TPSA) is 18.8 Å². The number of benzene rings is 2. The number of rotatable bonds is 3. The van der Waals surface area contributed by atoms with Crippen molar-refractivity contribution in [2.24, 2.45) is 5.10 Å². The van der Waals surface area contributed by atoms with Gasteiger partial charge in [0.25, 0.3) is 0 Å². The molecule has 0 N–H and O–H groups in total. The summed E-state index contributed by atoms with van der Waals surface area (Å²) >= 11 is 5.93. The van der Waals surface area contributed by atoms with E-state index >= 15 is 0 Å². The summed E-state index contributed by atoms with van der Waals surface area (Å²) in [5.74, 6) is 0. The van der Waals surface area contributed by atoms with Crippen LogP contribution in [0.2, 0.25) is 5.02 Å². The molecule has 0 unspecified atom stereocenters. The minimum absolute atomic E-state index is 0.757. The van der Waals surface area contributed by atoms with Crippen molar-refractivity contribution < 1.29 is 0 Å². The summed E-state index contributed by atoms with van der Waals surface area (Å²) in [6, 6.07) is 18.4. The molecule has 1 aliphatic heterocycles. The van der Waals surface area contributed by atoms with Gasteiger partial charge < -0.3 is 4.90 Å². The summed E-state index contributed by atoms with van der Waals surface area (Å²) in [6.45, 7) is 5.94. The third-order valence-corrected chi connectivity index (χ3v) is 4.18. The maximum absolute atomic E-state index is 5.93. The molecular weight excluding hydrogens is 294 g/mol. The van der Waals surface area contributed by atoms with E-state index in [9.17, 15) is 0 Å². The summed E-state index contributed by atoms with van der Waals surface area (Å²) in [6.07, 6.45) is 0. The Morgan fingerprint density at radius 2 is 1.55 bits per heavy atom. The highest BCUT2D eigenvalue weighted by molar-refractivity contribution is 6.30. The van der Waals surface area contributed by atoms with E-state index in [-0.39, 0.29) is 0 Å². The van der Waals surface area contributed by atoms with Gasteiger partial charge in [-0.15, -0.1) is 0 Å². The van der Waals surface area contributed by atoms with E-state index in [0.29, 0.717) is 0 Å². The molecular formula is C18H20ClN3. The number of halogens is 1. The van der Waals surface area contributed by atoms with Crippen LogP contribution in [0, 0.1) is 0 Å². The first-order chi connectivity index (χ1) is 10.7. The van der Waals surface area contributed by atoms with Crippen LogP contribution in [0.3, 0.4) is 0 Å². The monoisotopic (exact) mass is 313 g/mol. The molecule has 1 aliphatic rings. The molecule has 0 aromatic heterocycles. The average Bonchev–Trinajstić information content (AvgIpc) is 2.57. The number of anilines is 1. The predicted molar refractivity (Wildman–Crippen MR) is 93.9 cm³/mol. The minimum atomic E-state index is 0.757. The summed E-state index contributed by atoms with van der Waals surface area (Å²) in [5.41, 5.74) is 3.44. The molecule has 0 bridgehead atoms. The Balaban J connectivity index is 1.61. The Kier molecular flexibility index (Phi) is 4.64. The molecule has 3 rings (SSSR count). The number of hydrogen-bond acceptors (Lipinski definition) is 3. The van der Waals surface area contributed by atoms with Crippen LogP contribution in [0.1, 0.15) is 12.5 Å². The quantitative estimate of drug-likeness (QED) is 0.801. The summed E-state index contributed by atoms with van der Waals surface area (Å²) in [4.78, 5) is 2.41. The minimum Gasteiger partial charge on any atom is -0.368 e. The zero-order chi connectivity index (χ0) is 15.4. The van der Waals surface area contributed by atoms with Crippen molar-refractivity contribution in [3.8, 4) is 0 Å². The van der Waals surface area contributed by atoms with Gasteiger partial charge >= 0.3 is 0 Å². The molecule has 0 saturated carbocycles. The van der Waals surface area contributed by atoms with Crippen LogP contribution in [-0.2, 0) is 0 Å². The first-order valence-electron chi connectivity index (χ1n) is 7.58. The Labute approximate surface area is 136 Å². The van der Waals surface area contributed by atoms with Crippen molar-refractivity contribution in [3.05, 3.63) is 65.2 Å². The van der Waals surface area contributed by atoms with Gasteiger partial charge in [-0.3, -0.25) is 5.01 Å². The lowest BCUT2D eigenvalue weighted by molar-refractivity contribution is 0.270. The molecule has 0 amide bonds. The Bertz CT molecular complexity index is 629. The molecule has 22 heavy (non-hydrogen) atoms. The summed E-state index contributed by atoms with van der Waals surface area (Å²) in [5, 5.41) is 7.66. The SMILES string of the molecule is CC(=NN1CCN(c2ccccc2)CC1)c1ccc(Cl)cc1. The molecule has 4 heteroatoms. The number of piperazine rings is 1. The van der Waals surface area contributed by atoms with Gasteiger partial charge in [-0.05, 0) is 36.8 Å². The molecule has 1 saturated heterocycles. The molecule has 0 aliphatic carbocycles. The fourth-order valence-corrected chi connectivity index (χ4v) is 2.78. The molecule has 0 spiro atoms. The largest absolute Gasteiger partial charge is 0.368 e. The van der Waals surface area contributed by atoms with Crippen LogP contribution in [-0.4, -0.2) is 36.9 Å². The van der Waals surface area contributed by atoms with Crippen LogP contribution in [0.15, 0.2) is 59.7 Å². The van der Waals surface area contributed by atoms with Crippen LogP contribution in [0.25, 0.3) is 0 Å². The van der Waals surface area contributed by atoms with Crippen molar-refractivity contribution in [3.63, 3.8) is 0 Å². The molecule has 2 aromatic carbocycles. The molecule has 114 valence electrons. The van der Waals surface area contributed by atoms with Gasteiger partial charge in [0.05, 0.1) is 18.8 Å². The normalized spacial score (nSPS) is 16.0. The van der Waals surface area contributed by atoms with Gasteiger partial charge in [0.15, 0.2) is 0 Å².